The van der Waals surface area contributed by atoms with Crippen LogP contribution in [0.3, 0.4) is 0 Å². The molecule has 29 heavy (non-hydrogen) atoms. The summed E-state index contributed by atoms with van der Waals surface area (Å²) in [6, 6.07) is 7.28. The van der Waals surface area contributed by atoms with Crippen molar-refractivity contribution in [2.45, 2.75) is 45.1 Å². The number of benzene rings is 1. The van der Waals surface area contributed by atoms with Crippen molar-refractivity contribution in [1.82, 2.24) is 19.9 Å². The lowest BCUT2D eigenvalue weighted by atomic mass is 9.71. The summed E-state index contributed by atoms with van der Waals surface area (Å²) in [6.07, 6.45) is 7.58. The molecular formula is C24H29N5. The van der Waals surface area contributed by atoms with Crippen LogP contribution in [0.5, 0.6) is 0 Å². The third-order valence-corrected chi connectivity index (χ3v) is 6.96. The molecule has 3 heterocycles. The number of nitrogens with zero attached hydrogens (tertiary/aromatic N) is 3. The molecule has 1 unspecified atom stereocenters. The molecule has 3 aromatic rings. The van der Waals surface area contributed by atoms with Crippen LogP contribution in [0.4, 0.5) is 5.95 Å². The molecular weight excluding hydrogens is 358 g/mol. The van der Waals surface area contributed by atoms with E-state index in [1.807, 2.05) is 0 Å². The molecule has 0 radical (unpaired) electrons. The quantitative estimate of drug-likeness (QED) is 0.666. The van der Waals surface area contributed by atoms with Gasteiger partial charge in [-0.25, -0.2) is 9.97 Å². The summed E-state index contributed by atoms with van der Waals surface area (Å²) < 4.78 is 0. The Morgan fingerprint density at radius 1 is 1.28 bits per heavy atom. The van der Waals surface area contributed by atoms with Gasteiger partial charge in [-0.15, -0.1) is 6.58 Å². The number of nitrogens with one attached hydrogen (secondary N) is 1. The van der Waals surface area contributed by atoms with Crippen LogP contribution >= 0.6 is 0 Å². The van der Waals surface area contributed by atoms with Gasteiger partial charge in [0.25, 0.3) is 0 Å². The van der Waals surface area contributed by atoms with E-state index >= 15 is 0 Å². The zero-order valence-corrected chi connectivity index (χ0v) is 17.3. The minimum Gasteiger partial charge on any atom is -0.368 e. The molecule has 3 N–H and O–H groups in total. The lowest BCUT2D eigenvalue weighted by molar-refractivity contribution is 0.0963. The van der Waals surface area contributed by atoms with Gasteiger partial charge in [-0.2, -0.15) is 0 Å². The number of aromatic nitrogens is 3. The predicted octanol–water partition coefficient (Wildman–Crippen LogP) is 3.92. The van der Waals surface area contributed by atoms with E-state index in [1.54, 1.807) is 0 Å². The second-order valence-corrected chi connectivity index (χ2v) is 8.74. The van der Waals surface area contributed by atoms with Crippen molar-refractivity contribution in [2.24, 2.45) is 5.92 Å². The van der Waals surface area contributed by atoms with Crippen molar-refractivity contribution in [3.05, 3.63) is 65.1 Å². The summed E-state index contributed by atoms with van der Waals surface area (Å²) >= 11 is 0. The summed E-state index contributed by atoms with van der Waals surface area (Å²) in [5.41, 5.74) is 13.4. The number of aromatic amines is 1. The summed E-state index contributed by atoms with van der Waals surface area (Å²) in [7, 11) is 0. The molecule has 0 spiro atoms. The summed E-state index contributed by atoms with van der Waals surface area (Å²) in [6.45, 7) is 10.2. The van der Waals surface area contributed by atoms with E-state index in [2.05, 4.69) is 70.8 Å². The minimum atomic E-state index is 0.375. The van der Waals surface area contributed by atoms with Gasteiger partial charge < -0.3 is 10.7 Å². The van der Waals surface area contributed by atoms with Crippen LogP contribution < -0.4 is 5.73 Å². The van der Waals surface area contributed by atoms with E-state index in [0.717, 1.165) is 37.3 Å². The number of piperidine rings is 1. The Balaban J connectivity index is 1.51. The number of anilines is 1. The monoisotopic (exact) mass is 387 g/mol. The largest absolute Gasteiger partial charge is 0.368 e. The third-order valence-electron chi connectivity index (χ3n) is 6.96. The van der Waals surface area contributed by atoms with Gasteiger partial charge in [0.05, 0.1) is 0 Å². The first kappa shape index (κ1) is 18.4. The number of hydrogen-bond acceptors (Lipinski definition) is 4. The average molecular weight is 388 g/mol. The van der Waals surface area contributed by atoms with E-state index in [9.17, 15) is 0 Å². The maximum Gasteiger partial charge on any atom is 0.220 e. The van der Waals surface area contributed by atoms with Crippen molar-refractivity contribution in [2.75, 3.05) is 18.8 Å². The highest BCUT2D eigenvalue weighted by Crippen LogP contribution is 2.45. The van der Waals surface area contributed by atoms with E-state index in [0.29, 0.717) is 23.8 Å². The second kappa shape index (κ2) is 6.99. The maximum absolute atomic E-state index is 5.84. The fourth-order valence-corrected chi connectivity index (χ4v) is 5.77. The third kappa shape index (κ3) is 3.04. The molecule has 1 aliphatic heterocycles. The van der Waals surface area contributed by atoms with Gasteiger partial charge in [0.2, 0.25) is 5.95 Å². The number of fused-ring (bicyclic) bond motifs is 2. The summed E-state index contributed by atoms with van der Waals surface area (Å²) in [5, 5.41) is 1.45. The van der Waals surface area contributed by atoms with Crippen molar-refractivity contribution in [1.29, 1.82) is 0 Å². The predicted molar refractivity (Wildman–Crippen MR) is 118 cm³/mol. The Morgan fingerprint density at radius 3 is 2.83 bits per heavy atom. The van der Waals surface area contributed by atoms with E-state index in [1.165, 1.54) is 34.0 Å². The molecule has 5 heteroatoms. The number of nitrogen functional groups attached to an aromatic ring is 1. The number of aryl methyl sites for hydroxylation is 2. The second-order valence-electron chi connectivity index (χ2n) is 8.74. The van der Waals surface area contributed by atoms with Gasteiger partial charge in [0.1, 0.15) is 0 Å². The van der Waals surface area contributed by atoms with Crippen molar-refractivity contribution in [3.63, 3.8) is 0 Å². The van der Waals surface area contributed by atoms with Gasteiger partial charge in [-0.3, -0.25) is 4.90 Å². The van der Waals surface area contributed by atoms with Gasteiger partial charge >= 0.3 is 0 Å². The fourth-order valence-electron chi connectivity index (χ4n) is 5.77. The molecule has 5 rings (SSSR count). The van der Waals surface area contributed by atoms with Crippen LogP contribution in [-0.2, 0) is 12.8 Å². The minimum absolute atomic E-state index is 0.375. The standard InChI is InChI=1S/C24H29N5/c1-4-8-29-13-16(9-19-14(2)27-24(25)28-15(19)3)10-20-18-6-5-7-21-23(18)17(12-26-21)11-22(20)29/h4-7,12,16,20,22,26H,1,8-11,13H2,2-3H3,(H2,25,27,28)/t16?,20-,22-/m1/s1. The molecule has 1 aromatic carbocycles. The number of H-pyrrole nitrogens is 1. The number of nitrogens with two attached hydrogens (primary N) is 1. The van der Waals surface area contributed by atoms with E-state index in [-0.39, 0.29) is 0 Å². The Kier molecular flexibility index (Phi) is 4.43. The van der Waals surface area contributed by atoms with Crippen molar-refractivity contribution >= 4 is 16.9 Å². The molecule has 5 nitrogen and oxygen atoms in total. The first-order chi connectivity index (χ1) is 14.0. The van der Waals surface area contributed by atoms with Gasteiger partial charge in [0, 0.05) is 53.5 Å². The van der Waals surface area contributed by atoms with Gasteiger partial charge in [0.15, 0.2) is 0 Å². The summed E-state index contributed by atoms with van der Waals surface area (Å²) in [5.74, 6) is 1.49. The molecule has 0 amide bonds. The lowest BCUT2D eigenvalue weighted by Crippen LogP contribution is -2.50. The molecule has 0 bridgehead atoms. The number of hydrogen-bond donors (Lipinski definition) is 2. The highest BCUT2D eigenvalue weighted by atomic mass is 15.2. The normalized spacial score (nSPS) is 23.9. The molecule has 1 aliphatic carbocycles. The lowest BCUT2D eigenvalue weighted by Gasteiger charge is -2.47. The Labute approximate surface area is 172 Å². The fraction of sp³-hybridized carbons (Fsp3) is 0.417. The Morgan fingerprint density at radius 2 is 2.07 bits per heavy atom. The van der Waals surface area contributed by atoms with Crippen molar-refractivity contribution in [3.8, 4) is 0 Å². The van der Waals surface area contributed by atoms with Crippen molar-refractivity contribution < 1.29 is 0 Å². The molecule has 1 saturated heterocycles. The molecule has 3 atom stereocenters. The zero-order valence-electron chi connectivity index (χ0n) is 17.3. The van der Waals surface area contributed by atoms with Gasteiger partial charge in [-0.1, -0.05) is 18.2 Å². The van der Waals surface area contributed by atoms with Crippen LogP contribution in [0.1, 0.15) is 40.4 Å². The van der Waals surface area contributed by atoms with Crippen LogP contribution in [-0.4, -0.2) is 39.0 Å². The van der Waals surface area contributed by atoms with Crippen LogP contribution in [0, 0.1) is 19.8 Å². The SMILES string of the molecule is C=CCN1CC(Cc2c(C)nc(N)nc2C)C[C@@H]2c3cccc4[nH]cc(c34)C[C@H]21. The summed E-state index contributed by atoms with van der Waals surface area (Å²) in [4.78, 5) is 15.0. The molecule has 1 fully saturated rings. The molecule has 2 aromatic heterocycles. The van der Waals surface area contributed by atoms with Crippen LogP contribution in [0.2, 0.25) is 0 Å². The Hall–Kier alpha value is -2.66. The average Bonchev–Trinajstić information content (AvgIpc) is 3.10. The first-order valence-electron chi connectivity index (χ1n) is 10.6. The molecule has 150 valence electrons. The van der Waals surface area contributed by atoms with Gasteiger partial charge in [-0.05, 0) is 61.8 Å². The highest BCUT2D eigenvalue weighted by molar-refractivity contribution is 5.88. The molecule has 0 saturated carbocycles. The first-order valence-corrected chi connectivity index (χ1v) is 10.6. The zero-order chi connectivity index (χ0) is 20.1. The van der Waals surface area contributed by atoms with E-state index < -0.39 is 0 Å². The molecule has 2 aliphatic rings. The Bertz CT molecular complexity index is 1060. The number of likely N-dealkylation sites (tertiary alicyclic amines) is 1. The van der Waals surface area contributed by atoms with E-state index in [4.69, 9.17) is 5.73 Å². The topological polar surface area (TPSA) is 70.8 Å². The van der Waals surface area contributed by atoms with Crippen LogP contribution in [0.15, 0.2) is 37.1 Å². The highest BCUT2D eigenvalue weighted by Gasteiger charge is 2.40. The smallest absolute Gasteiger partial charge is 0.220 e. The number of rotatable bonds is 4. The maximum atomic E-state index is 5.84. The van der Waals surface area contributed by atoms with Crippen LogP contribution in [0.25, 0.3) is 10.9 Å².